The summed E-state index contributed by atoms with van der Waals surface area (Å²) in [7, 11) is 0. The highest BCUT2D eigenvalue weighted by molar-refractivity contribution is 9.10. The molecule has 74 valence electrons. The van der Waals surface area contributed by atoms with Gasteiger partial charge in [0.2, 0.25) is 5.91 Å². The lowest BCUT2D eigenvalue weighted by Crippen LogP contribution is -2.60. The van der Waals surface area contributed by atoms with E-state index in [2.05, 4.69) is 15.9 Å². The molecular formula is C10H11BrN2O. The zero-order valence-corrected chi connectivity index (χ0v) is 9.20. The molecule has 1 atom stereocenters. The molecule has 4 heteroatoms. The average Bonchev–Trinajstić information content (AvgIpc) is 2.17. The Morgan fingerprint density at radius 2 is 2.36 bits per heavy atom. The summed E-state index contributed by atoms with van der Waals surface area (Å²) in [5.74, 6) is 0.0463. The van der Waals surface area contributed by atoms with Gasteiger partial charge in [-0.1, -0.05) is 28.1 Å². The maximum absolute atomic E-state index is 11.2. The summed E-state index contributed by atoms with van der Waals surface area (Å²) in [5, 5.41) is 0. The van der Waals surface area contributed by atoms with Crippen molar-refractivity contribution in [3.8, 4) is 0 Å². The van der Waals surface area contributed by atoms with E-state index in [0.717, 1.165) is 10.0 Å². The Hall–Kier alpha value is -0.870. The molecule has 14 heavy (non-hydrogen) atoms. The zero-order valence-electron chi connectivity index (χ0n) is 7.61. The van der Waals surface area contributed by atoms with Gasteiger partial charge >= 0.3 is 0 Å². The summed E-state index contributed by atoms with van der Waals surface area (Å²) in [6, 6.07) is 7.66. The fraction of sp³-hybridized carbons (Fsp3) is 0.300. The van der Waals surface area contributed by atoms with E-state index in [1.54, 1.807) is 4.90 Å². The fourth-order valence-corrected chi connectivity index (χ4v) is 1.97. The molecule has 3 nitrogen and oxygen atoms in total. The number of likely N-dealkylation sites (tertiary alicyclic amines) is 1. The molecule has 0 aromatic heterocycles. The van der Waals surface area contributed by atoms with E-state index < -0.39 is 0 Å². The van der Waals surface area contributed by atoms with Gasteiger partial charge in [0.25, 0.3) is 0 Å². The molecule has 2 rings (SSSR count). The third-order valence-electron chi connectivity index (χ3n) is 2.31. The summed E-state index contributed by atoms with van der Waals surface area (Å²) in [5.41, 5.74) is 6.62. The van der Waals surface area contributed by atoms with Crippen molar-refractivity contribution in [3.63, 3.8) is 0 Å². The van der Waals surface area contributed by atoms with Crippen molar-refractivity contribution in [2.24, 2.45) is 5.73 Å². The maximum Gasteiger partial charge on any atom is 0.241 e. The van der Waals surface area contributed by atoms with Gasteiger partial charge in [0, 0.05) is 17.6 Å². The zero-order chi connectivity index (χ0) is 10.1. The molecule has 0 bridgehead atoms. The minimum atomic E-state index is -0.276. The van der Waals surface area contributed by atoms with Crippen LogP contribution in [0.5, 0.6) is 0 Å². The quantitative estimate of drug-likeness (QED) is 0.805. The molecule has 0 aliphatic carbocycles. The SMILES string of the molecule is NC1CN(Cc2cccc(Br)c2)C1=O. The van der Waals surface area contributed by atoms with Crippen LogP contribution in [0.2, 0.25) is 0 Å². The number of hydrogen-bond donors (Lipinski definition) is 1. The summed E-state index contributed by atoms with van der Waals surface area (Å²) >= 11 is 3.39. The number of nitrogens with zero attached hydrogens (tertiary/aromatic N) is 1. The van der Waals surface area contributed by atoms with Crippen molar-refractivity contribution < 1.29 is 4.79 Å². The van der Waals surface area contributed by atoms with Gasteiger partial charge in [-0.2, -0.15) is 0 Å². The van der Waals surface area contributed by atoms with Crippen LogP contribution < -0.4 is 5.73 Å². The van der Waals surface area contributed by atoms with E-state index in [1.165, 1.54) is 0 Å². The molecule has 2 N–H and O–H groups in total. The van der Waals surface area contributed by atoms with E-state index in [9.17, 15) is 4.79 Å². The molecule has 1 aromatic rings. The Bertz CT molecular complexity index is 367. The second-order valence-corrected chi connectivity index (χ2v) is 4.37. The third-order valence-corrected chi connectivity index (χ3v) is 2.80. The molecule has 1 aliphatic heterocycles. The van der Waals surface area contributed by atoms with Crippen LogP contribution in [-0.4, -0.2) is 23.4 Å². The number of amides is 1. The van der Waals surface area contributed by atoms with Gasteiger partial charge in [0.05, 0.1) is 0 Å². The summed E-state index contributed by atoms with van der Waals surface area (Å²) in [4.78, 5) is 13.0. The van der Waals surface area contributed by atoms with Crippen LogP contribution in [0.3, 0.4) is 0 Å². The first-order valence-corrected chi connectivity index (χ1v) is 5.25. The second-order valence-electron chi connectivity index (χ2n) is 3.46. The highest BCUT2D eigenvalue weighted by Crippen LogP contribution is 2.16. The van der Waals surface area contributed by atoms with Crippen LogP contribution in [0.15, 0.2) is 28.7 Å². The summed E-state index contributed by atoms with van der Waals surface area (Å²) in [6.07, 6.45) is 0. The molecule has 1 aliphatic rings. The molecule has 0 radical (unpaired) electrons. The molecule has 0 saturated carbocycles. The third kappa shape index (κ3) is 1.81. The Kier molecular flexibility index (Phi) is 2.56. The number of hydrogen-bond acceptors (Lipinski definition) is 2. The minimum Gasteiger partial charge on any atom is -0.335 e. The van der Waals surface area contributed by atoms with Gasteiger partial charge < -0.3 is 10.6 Å². The van der Waals surface area contributed by atoms with E-state index in [-0.39, 0.29) is 11.9 Å². The Morgan fingerprint density at radius 3 is 2.93 bits per heavy atom. The van der Waals surface area contributed by atoms with E-state index in [4.69, 9.17) is 5.73 Å². The van der Waals surface area contributed by atoms with Gasteiger partial charge in [-0.3, -0.25) is 4.79 Å². The monoisotopic (exact) mass is 254 g/mol. The number of rotatable bonds is 2. The minimum absolute atomic E-state index is 0.0463. The first-order valence-electron chi connectivity index (χ1n) is 4.45. The van der Waals surface area contributed by atoms with Crippen molar-refractivity contribution >= 4 is 21.8 Å². The van der Waals surface area contributed by atoms with Crippen LogP contribution in [0.25, 0.3) is 0 Å². The molecule has 1 unspecified atom stereocenters. The molecule has 1 aromatic carbocycles. The molecule has 1 saturated heterocycles. The van der Waals surface area contributed by atoms with Crippen LogP contribution in [-0.2, 0) is 11.3 Å². The topological polar surface area (TPSA) is 46.3 Å². The number of nitrogens with two attached hydrogens (primary N) is 1. The lowest BCUT2D eigenvalue weighted by atomic mass is 10.1. The van der Waals surface area contributed by atoms with Crippen molar-refractivity contribution in [2.75, 3.05) is 6.54 Å². The molecule has 0 spiro atoms. The van der Waals surface area contributed by atoms with Crippen molar-refractivity contribution in [1.82, 2.24) is 4.90 Å². The Morgan fingerprint density at radius 1 is 1.57 bits per heavy atom. The van der Waals surface area contributed by atoms with Gasteiger partial charge in [-0.15, -0.1) is 0 Å². The predicted octanol–water partition coefficient (Wildman–Crippen LogP) is 1.12. The average molecular weight is 255 g/mol. The van der Waals surface area contributed by atoms with Crippen LogP contribution in [0, 0.1) is 0 Å². The van der Waals surface area contributed by atoms with Crippen molar-refractivity contribution in [1.29, 1.82) is 0 Å². The van der Waals surface area contributed by atoms with Gasteiger partial charge in [-0.05, 0) is 17.7 Å². The second kappa shape index (κ2) is 3.71. The lowest BCUT2D eigenvalue weighted by molar-refractivity contribution is -0.143. The van der Waals surface area contributed by atoms with E-state index >= 15 is 0 Å². The first-order chi connectivity index (χ1) is 6.66. The number of carbonyl (C=O) groups excluding carboxylic acids is 1. The first kappa shape index (κ1) is 9.68. The normalized spacial score (nSPS) is 20.9. The van der Waals surface area contributed by atoms with Gasteiger partial charge in [-0.25, -0.2) is 0 Å². The molecular weight excluding hydrogens is 244 g/mol. The smallest absolute Gasteiger partial charge is 0.241 e. The lowest BCUT2D eigenvalue weighted by Gasteiger charge is -2.36. The summed E-state index contributed by atoms with van der Waals surface area (Å²) in [6.45, 7) is 1.33. The fourth-order valence-electron chi connectivity index (χ4n) is 1.53. The van der Waals surface area contributed by atoms with Crippen LogP contribution >= 0.6 is 15.9 Å². The number of halogens is 1. The van der Waals surface area contributed by atoms with E-state index in [1.807, 2.05) is 24.3 Å². The highest BCUT2D eigenvalue weighted by Gasteiger charge is 2.32. The summed E-state index contributed by atoms with van der Waals surface area (Å²) < 4.78 is 1.03. The molecule has 1 heterocycles. The largest absolute Gasteiger partial charge is 0.335 e. The van der Waals surface area contributed by atoms with Crippen LogP contribution in [0.4, 0.5) is 0 Å². The number of benzene rings is 1. The van der Waals surface area contributed by atoms with E-state index in [0.29, 0.717) is 13.1 Å². The number of β-lactam (4-membered cyclic amide) rings is 1. The predicted molar refractivity (Wildman–Crippen MR) is 57.5 cm³/mol. The van der Waals surface area contributed by atoms with Gasteiger partial charge in [0.1, 0.15) is 6.04 Å². The molecule has 1 amide bonds. The van der Waals surface area contributed by atoms with Gasteiger partial charge in [0.15, 0.2) is 0 Å². The van der Waals surface area contributed by atoms with Crippen molar-refractivity contribution in [3.05, 3.63) is 34.3 Å². The molecule has 1 fully saturated rings. The van der Waals surface area contributed by atoms with Crippen molar-refractivity contribution in [2.45, 2.75) is 12.6 Å². The standard InChI is InChI=1S/C10H11BrN2O/c11-8-3-1-2-7(4-8)5-13-6-9(12)10(13)14/h1-4,9H,5-6,12H2. The Balaban J connectivity index is 2.02. The highest BCUT2D eigenvalue weighted by atomic mass is 79.9. The Labute approximate surface area is 91.0 Å². The number of carbonyl (C=O) groups is 1. The van der Waals surface area contributed by atoms with Crippen LogP contribution in [0.1, 0.15) is 5.56 Å². The maximum atomic E-state index is 11.2.